The van der Waals surface area contributed by atoms with Crippen molar-refractivity contribution in [2.45, 2.75) is 117 Å². The summed E-state index contributed by atoms with van der Waals surface area (Å²) in [6.45, 7) is 8.45. The van der Waals surface area contributed by atoms with Crippen molar-refractivity contribution < 1.29 is 27.8 Å². The first-order chi connectivity index (χ1) is 18.6. The molecule has 39 heavy (non-hydrogen) atoms. The first kappa shape index (κ1) is 30.0. The van der Waals surface area contributed by atoms with Crippen LogP contribution in [-0.2, 0) is 20.7 Å². The van der Waals surface area contributed by atoms with Gasteiger partial charge in [0.25, 0.3) is 0 Å². The fourth-order valence-corrected chi connectivity index (χ4v) is 6.69. The normalized spacial score (nSPS) is 27.2. The van der Waals surface area contributed by atoms with E-state index < -0.39 is 11.6 Å². The third-order valence-corrected chi connectivity index (χ3v) is 9.83. The van der Waals surface area contributed by atoms with Crippen molar-refractivity contribution in [1.29, 1.82) is 0 Å². The average Bonchev–Trinajstić information content (AvgIpc) is 3.81. The van der Waals surface area contributed by atoms with Crippen molar-refractivity contribution in [1.82, 2.24) is 0 Å². The lowest BCUT2D eigenvalue weighted by Gasteiger charge is -2.23. The van der Waals surface area contributed by atoms with Gasteiger partial charge in [-0.15, -0.1) is 0 Å². The molecule has 6 heteroatoms. The molecular formula is C33H48F2O4. The predicted molar refractivity (Wildman–Crippen MR) is 148 cm³/mol. The van der Waals surface area contributed by atoms with Crippen LogP contribution < -0.4 is 4.74 Å². The molecule has 0 aromatic heterocycles. The predicted octanol–water partition coefficient (Wildman–Crippen LogP) is 8.24. The molecule has 3 aliphatic rings. The SMILES string of the molecule is CCCC(CC)C(=O)Cc1c(F)cc(OCCC2CC2C2CCCC(C(C)C(=O)OC3(C)CC3)CC2)cc1F. The molecule has 0 radical (unpaired) electrons. The van der Waals surface area contributed by atoms with Gasteiger partial charge in [0.15, 0.2) is 0 Å². The molecule has 0 spiro atoms. The molecule has 6 atom stereocenters. The highest BCUT2D eigenvalue weighted by Gasteiger charge is 2.45. The zero-order chi connectivity index (χ0) is 28.2. The average molecular weight is 547 g/mol. The largest absolute Gasteiger partial charge is 0.493 e. The molecule has 0 heterocycles. The third-order valence-electron chi connectivity index (χ3n) is 9.83. The van der Waals surface area contributed by atoms with E-state index in [9.17, 15) is 18.4 Å². The van der Waals surface area contributed by atoms with Crippen molar-refractivity contribution in [3.63, 3.8) is 0 Å². The van der Waals surface area contributed by atoms with Crippen LogP contribution in [0.4, 0.5) is 8.78 Å². The number of hydrogen-bond donors (Lipinski definition) is 0. The van der Waals surface area contributed by atoms with Crippen molar-refractivity contribution in [3.05, 3.63) is 29.3 Å². The molecular weight excluding hydrogens is 498 g/mol. The fourth-order valence-electron chi connectivity index (χ4n) is 6.69. The summed E-state index contributed by atoms with van der Waals surface area (Å²) in [5, 5.41) is 0. The van der Waals surface area contributed by atoms with Gasteiger partial charge in [-0.05, 0) is 88.4 Å². The number of carbonyl (C=O) groups excluding carboxylic acids is 2. The number of benzene rings is 1. The van der Waals surface area contributed by atoms with Crippen LogP contribution in [-0.4, -0.2) is 24.0 Å². The quantitative estimate of drug-likeness (QED) is 0.174. The topological polar surface area (TPSA) is 52.6 Å². The molecule has 0 aliphatic heterocycles. The van der Waals surface area contributed by atoms with Crippen molar-refractivity contribution in [2.75, 3.05) is 6.61 Å². The maximum absolute atomic E-state index is 14.7. The Morgan fingerprint density at radius 1 is 1.08 bits per heavy atom. The Hall–Kier alpha value is -1.98. The summed E-state index contributed by atoms with van der Waals surface area (Å²) in [5.74, 6) is 0.881. The van der Waals surface area contributed by atoms with Crippen molar-refractivity contribution >= 4 is 11.8 Å². The minimum atomic E-state index is -0.702. The van der Waals surface area contributed by atoms with Gasteiger partial charge in [0.2, 0.25) is 0 Å². The van der Waals surface area contributed by atoms with Crippen molar-refractivity contribution in [3.8, 4) is 5.75 Å². The number of halogens is 2. The first-order valence-electron chi connectivity index (χ1n) is 15.5. The fraction of sp³-hybridized carbons (Fsp3) is 0.758. The Kier molecular flexibility index (Phi) is 10.1. The van der Waals surface area contributed by atoms with Gasteiger partial charge in [0.05, 0.1) is 12.5 Å². The number of esters is 1. The molecule has 3 saturated carbocycles. The second-order valence-electron chi connectivity index (χ2n) is 12.9. The van der Waals surface area contributed by atoms with Gasteiger partial charge in [0, 0.05) is 30.0 Å². The molecule has 3 aliphatic carbocycles. The molecule has 0 N–H and O–H groups in total. The number of ether oxygens (including phenoxy) is 2. The minimum absolute atomic E-state index is 0.0194. The zero-order valence-corrected chi connectivity index (χ0v) is 24.4. The van der Waals surface area contributed by atoms with Crippen LogP contribution in [0.2, 0.25) is 0 Å². The molecule has 4 rings (SSSR count). The number of Topliss-reactive ketones (excluding diaryl/α,β-unsaturated/α-hetero) is 1. The van der Waals surface area contributed by atoms with Gasteiger partial charge < -0.3 is 9.47 Å². The molecule has 0 amide bonds. The standard InChI is InChI=1S/C33H48F2O4/c1-5-8-22(6-2)31(36)20-28-29(34)18-26(19-30(28)35)38-16-13-25-17-27(25)24-10-7-9-23(11-12-24)21(3)32(37)39-33(4)14-15-33/h18-19,21-25,27H,5-17,20H2,1-4H3. The maximum Gasteiger partial charge on any atom is 0.309 e. The highest BCUT2D eigenvalue weighted by atomic mass is 19.1. The maximum atomic E-state index is 14.7. The van der Waals surface area contributed by atoms with Crippen LogP contribution in [0.25, 0.3) is 0 Å². The van der Waals surface area contributed by atoms with E-state index in [1.165, 1.54) is 25.0 Å². The molecule has 1 aromatic carbocycles. The van der Waals surface area contributed by atoms with E-state index in [1.807, 2.05) is 27.7 Å². The van der Waals surface area contributed by atoms with Gasteiger partial charge in [-0.25, -0.2) is 8.78 Å². The van der Waals surface area contributed by atoms with E-state index >= 15 is 0 Å². The Bertz CT molecular complexity index is 980. The Balaban J connectivity index is 1.19. The monoisotopic (exact) mass is 546 g/mol. The van der Waals surface area contributed by atoms with Gasteiger partial charge in [-0.2, -0.15) is 0 Å². The molecule has 0 bridgehead atoms. The van der Waals surface area contributed by atoms with Crippen LogP contribution in [0.1, 0.15) is 110 Å². The third kappa shape index (κ3) is 8.04. The lowest BCUT2D eigenvalue weighted by molar-refractivity contribution is -0.156. The van der Waals surface area contributed by atoms with Gasteiger partial charge in [0.1, 0.15) is 28.8 Å². The summed E-state index contributed by atoms with van der Waals surface area (Å²) < 4.78 is 40.9. The summed E-state index contributed by atoms with van der Waals surface area (Å²) in [6, 6.07) is 2.44. The Morgan fingerprint density at radius 2 is 1.79 bits per heavy atom. The summed E-state index contributed by atoms with van der Waals surface area (Å²) in [4.78, 5) is 25.1. The smallest absolute Gasteiger partial charge is 0.309 e. The Morgan fingerprint density at radius 3 is 2.44 bits per heavy atom. The lowest BCUT2D eigenvalue weighted by Crippen LogP contribution is -2.27. The van der Waals surface area contributed by atoms with E-state index in [1.54, 1.807) is 0 Å². The van der Waals surface area contributed by atoms with E-state index in [0.717, 1.165) is 57.8 Å². The van der Waals surface area contributed by atoms with Crippen LogP contribution in [0.3, 0.4) is 0 Å². The number of ketones is 1. The van der Waals surface area contributed by atoms with Gasteiger partial charge >= 0.3 is 5.97 Å². The summed E-state index contributed by atoms with van der Waals surface area (Å²) in [7, 11) is 0. The molecule has 4 nitrogen and oxygen atoms in total. The van der Waals surface area contributed by atoms with E-state index in [-0.39, 0.29) is 46.9 Å². The van der Waals surface area contributed by atoms with Gasteiger partial charge in [-0.3, -0.25) is 9.59 Å². The molecule has 3 fully saturated rings. The summed E-state index contributed by atoms with van der Waals surface area (Å²) in [6.07, 6.45) is 11.9. The number of carbonyl (C=O) groups is 2. The van der Waals surface area contributed by atoms with Crippen LogP contribution >= 0.6 is 0 Å². The van der Waals surface area contributed by atoms with E-state index in [2.05, 4.69) is 0 Å². The van der Waals surface area contributed by atoms with E-state index in [4.69, 9.17) is 9.47 Å². The second kappa shape index (κ2) is 13.1. The molecule has 1 aromatic rings. The van der Waals surface area contributed by atoms with E-state index in [0.29, 0.717) is 36.7 Å². The van der Waals surface area contributed by atoms with Gasteiger partial charge in [-0.1, -0.05) is 40.0 Å². The Labute approximate surface area is 233 Å². The molecule has 218 valence electrons. The second-order valence-corrected chi connectivity index (χ2v) is 12.9. The van der Waals surface area contributed by atoms with Crippen LogP contribution in [0.5, 0.6) is 5.75 Å². The molecule has 6 unspecified atom stereocenters. The van der Waals surface area contributed by atoms with Crippen LogP contribution in [0.15, 0.2) is 12.1 Å². The number of hydrogen-bond acceptors (Lipinski definition) is 4. The summed E-state index contributed by atoms with van der Waals surface area (Å²) >= 11 is 0. The first-order valence-corrected chi connectivity index (χ1v) is 15.5. The highest BCUT2D eigenvalue weighted by Crippen LogP contribution is 2.51. The molecule has 0 saturated heterocycles. The highest BCUT2D eigenvalue weighted by molar-refractivity contribution is 5.83. The lowest BCUT2D eigenvalue weighted by atomic mass is 9.86. The number of rotatable bonds is 14. The van der Waals surface area contributed by atoms with Crippen LogP contribution in [0, 0.1) is 47.1 Å². The summed E-state index contributed by atoms with van der Waals surface area (Å²) in [5.41, 5.74) is -0.354. The van der Waals surface area contributed by atoms with Crippen molar-refractivity contribution in [2.24, 2.45) is 35.5 Å². The zero-order valence-electron chi connectivity index (χ0n) is 24.4. The minimum Gasteiger partial charge on any atom is -0.493 e.